The lowest BCUT2D eigenvalue weighted by molar-refractivity contribution is 0.150. The molecule has 5 heteroatoms. The molecule has 1 fully saturated rings. The number of anilines is 1. The highest BCUT2D eigenvalue weighted by atomic mass is 35.5. The van der Waals surface area contributed by atoms with Gasteiger partial charge in [-0.05, 0) is 18.2 Å². The van der Waals surface area contributed by atoms with Crippen molar-refractivity contribution < 1.29 is 9.53 Å². The second-order valence-corrected chi connectivity index (χ2v) is 3.68. The molecule has 2 amide bonds. The van der Waals surface area contributed by atoms with Crippen molar-refractivity contribution in [3.8, 4) is 0 Å². The van der Waals surface area contributed by atoms with Gasteiger partial charge in [-0.2, -0.15) is 0 Å². The molecule has 1 aromatic carbocycles. The molecule has 0 unspecified atom stereocenters. The Balaban J connectivity index is 1.99. The summed E-state index contributed by atoms with van der Waals surface area (Å²) in [6.45, 7) is 1.59. The van der Waals surface area contributed by atoms with Crippen LogP contribution in [0.25, 0.3) is 0 Å². The first-order valence-electron chi connectivity index (χ1n) is 4.65. The standard InChI is InChI=1S/C10H11ClN2O2/c11-8-2-1-3-9(6-8)12-10(14)13-4-5-15-7-13/h1-3,6H,4-5,7H2,(H,12,14). The smallest absolute Gasteiger partial charge is 0.323 e. The first-order valence-corrected chi connectivity index (χ1v) is 5.03. The quantitative estimate of drug-likeness (QED) is 0.797. The van der Waals surface area contributed by atoms with Gasteiger partial charge in [0, 0.05) is 17.3 Å². The summed E-state index contributed by atoms with van der Waals surface area (Å²) in [5, 5.41) is 3.35. The van der Waals surface area contributed by atoms with Crippen LogP contribution >= 0.6 is 11.6 Å². The Hall–Kier alpha value is -1.26. The van der Waals surface area contributed by atoms with Gasteiger partial charge in [-0.15, -0.1) is 0 Å². The fraction of sp³-hybridized carbons (Fsp3) is 0.300. The van der Waals surface area contributed by atoms with E-state index in [1.54, 1.807) is 29.2 Å². The van der Waals surface area contributed by atoms with E-state index in [0.29, 0.717) is 30.6 Å². The molecule has 0 bridgehead atoms. The average molecular weight is 227 g/mol. The molecule has 4 nitrogen and oxygen atoms in total. The Labute approximate surface area is 92.8 Å². The van der Waals surface area contributed by atoms with E-state index in [9.17, 15) is 4.79 Å². The summed E-state index contributed by atoms with van der Waals surface area (Å²) in [6, 6.07) is 6.89. The lowest BCUT2D eigenvalue weighted by atomic mass is 10.3. The van der Waals surface area contributed by atoms with Gasteiger partial charge in [-0.1, -0.05) is 17.7 Å². The Morgan fingerprint density at radius 2 is 2.40 bits per heavy atom. The topological polar surface area (TPSA) is 41.6 Å². The predicted molar refractivity (Wildman–Crippen MR) is 58.0 cm³/mol. The van der Waals surface area contributed by atoms with Crippen LogP contribution in [0.15, 0.2) is 24.3 Å². The van der Waals surface area contributed by atoms with Gasteiger partial charge in [-0.25, -0.2) is 4.79 Å². The first kappa shape index (κ1) is 10.3. The van der Waals surface area contributed by atoms with E-state index >= 15 is 0 Å². The third-order valence-corrected chi connectivity index (χ3v) is 2.35. The normalized spacial score (nSPS) is 15.4. The van der Waals surface area contributed by atoms with Crippen molar-refractivity contribution in [3.63, 3.8) is 0 Å². The Morgan fingerprint density at radius 1 is 1.53 bits per heavy atom. The molecule has 1 aliphatic rings. The summed E-state index contributed by atoms with van der Waals surface area (Å²) >= 11 is 5.80. The molecule has 0 aliphatic carbocycles. The van der Waals surface area contributed by atoms with Crippen LogP contribution in [-0.2, 0) is 4.74 Å². The van der Waals surface area contributed by atoms with Crippen molar-refractivity contribution >= 4 is 23.3 Å². The van der Waals surface area contributed by atoms with Crippen LogP contribution in [0.3, 0.4) is 0 Å². The molecule has 1 aromatic rings. The van der Waals surface area contributed by atoms with Crippen molar-refractivity contribution in [3.05, 3.63) is 29.3 Å². The number of ether oxygens (including phenoxy) is 1. The SMILES string of the molecule is O=C(Nc1cccc(Cl)c1)N1CCOC1. The maximum atomic E-state index is 11.6. The highest BCUT2D eigenvalue weighted by molar-refractivity contribution is 6.30. The molecule has 80 valence electrons. The summed E-state index contributed by atoms with van der Waals surface area (Å²) in [5.74, 6) is 0. The Morgan fingerprint density at radius 3 is 3.07 bits per heavy atom. The maximum absolute atomic E-state index is 11.6. The molecule has 0 aromatic heterocycles. The second-order valence-electron chi connectivity index (χ2n) is 3.24. The Kier molecular flexibility index (Phi) is 3.08. The molecular weight excluding hydrogens is 216 g/mol. The molecule has 1 aliphatic heterocycles. The lowest BCUT2D eigenvalue weighted by Crippen LogP contribution is -2.32. The number of rotatable bonds is 1. The van der Waals surface area contributed by atoms with Gasteiger partial charge < -0.3 is 10.1 Å². The minimum absolute atomic E-state index is 0.158. The second kappa shape index (κ2) is 4.51. The zero-order valence-corrected chi connectivity index (χ0v) is 8.83. The van der Waals surface area contributed by atoms with Gasteiger partial charge in [0.2, 0.25) is 0 Å². The fourth-order valence-corrected chi connectivity index (χ4v) is 1.53. The summed E-state index contributed by atoms with van der Waals surface area (Å²) in [7, 11) is 0. The largest absolute Gasteiger partial charge is 0.359 e. The Bertz CT molecular complexity index is 364. The monoisotopic (exact) mass is 226 g/mol. The van der Waals surface area contributed by atoms with E-state index in [0.717, 1.165) is 0 Å². The number of nitrogens with zero attached hydrogens (tertiary/aromatic N) is 1. The van der Waals surface area contributed by atoms with E-state index in [2.05, 4.69) is 5.32 Å². The number of hydrogen-bond donors (Lipinski definition) is 1. The number of carbonyl (C=O) groups is 1. The first-order chi connectivity index (χ1) is 7.25. The van der Waals surface area contributed by atoms with Crippen LogP contribution in [0, 0.1) is 0 Å². The number of urea groups is 1. The van der Waals surface area contributed by atoms with Crippen molar-refractivity contribution in [2.75, 3.05) is 25.2 Å². The van der Waals surface area contributed by atoms with Gasteiger partial charge in [-0.3, -0.25) is 4.90 Å². The number of carbonyl (C=O) groups excluding carboxylic acids is 1. The van der Waals surface area contributed by atoms with Crippen molar-refractivity contribution in [1.82, 2.24) is 4.90 Å². The van der Waals surface area contributed by atoms with Crippen LogP contribution in [-0.4, -0.2) is 30.8 Å². The van der Waals surface area contributed by atoms with E-state index < -0.39 is 0 Å². The molecule has 0 atom stereocenters. The highest BCUT2D eigenvalue weighted by Gasteiger charge is 2.18. The number of amides is 2. The average Bonchev–Trinajstić information content (AvgIpc) is 2.70. The minimum atomic E-state index is -0.158. The fourth-order valence-electron chi connectivity index (χ4n) is 1.34. The van der Waals surface area contributed by atoms with Crippen LogP contribution in [0.2, 0.25) is 5.02 Å². The summed E-state index contributed by atoms with van der Waals surface area (Å²) < 4.78 is 5.08. The predicted octanol–water partition coefficient (Wildman–Crippen LogP) is 2.16. The number of benzene rings is 1. The van der Waals surface area contributed by atoms with E-state index in [1.807, 2.05) is 0 Å². The molecule has 0 radical (unpaired) electrons. The molecule has 15 heavy (non-hydrogen) atoms. The minimum Gasteiger partial charge on any atom is -0.359 e. The molecular formula is C10H11ClN2O2. The molecule has 1 heterocycles. The molecule has 0 saturated carbocycles. The van der Waals surface area contributed by atoms with E-state index in [1.165, 1.54) is 0 Å². The maximum Gasteiger partial charge on any atom is 0.323 e. The van der Waals surface area contributed by atoms with Crippen LogP contribution < -0.4 is 5.32 Å². The van der Waals surface area contributed by atoms with E-state index in [-0.39, 0.29) is 6.03 Å². The van der Waals surface area contributed by atoms with Gasteiger partial charge in [0.1, 0.15) is 6.73 Å². The number of nitrogens with one attached hydrogen (secondary N) is 1. The summed E-state index contributed by atoms with van der Waals surface area (Å²) in [6.07, 6.45) is 0. The zero-order valence-electron chi connectivity index (χ0n) is 8.07. The van der Waals surface area contributed by atoms with E-state index in [4.69, 9.17) is 16.3 Å². The molecule has 1 N–H and O–H groups in total. The molecule has 2 rings (SSSR count). The number of hydrogen-bond acceptors (Lipinski definition) is 2. The van der Waals surface area contributed by atoms with Crippen LogP contribution in [0.5, 0.6) is 0 Å². The highest BCUT2D eigenvalue weighted by Crippen LogP contribution is 2.15. The number of halogens is 1. The van der Waals surface area contributed by atoms with Gasteiger partial charge in [0.15, 0.2) is 0 Å². The summed E-state index contributed by atoms with van der Waals surface area (Å²) in [4.78, 5) is 13.2. The molecule has 1 saturated heterocycles. The van der Waals surface area contributed by atoms with Crippen molar-refractivity contribution in [1.29, 1.82) is 0 Å². The third kappa shape index (κ3) is 2.61. The van der Waals surface area contributed by atoms with Gasteiger partial charge in [0.05, 0.1) is 6.61 Å². The van der Waals surface area contributed by atoms with Gasteiger partial charge >= 0.3 is 6.03 Å². The van der Waals surface area contributed by atoms with Crippen molar-refractivity contribution in [2.24, 2.45) is 0 Å². The van der Waals surface area contributed by atoms with Gasteiger partial charge in [0.25, 0.3) is 0 Å². The summed E-state index contributed by atoms with van der Waals surface area (Å²) in [5.41, 5.74) is 0.694. The lowest BCUT2D eigenvalue weighted by Gasteiger charge is -2.14. The van der Waals surface area contributed by atoms with Crippen molar-refractivity contribution in [2.45, 2.75) is 0 Å². The zero-order chi connectivity index (χ0) is 10.7. The third-order valence-electron chi connectivity index (χ3n) is 2.12. The van der Waals surface area contributed by atoms with Crippen LogP contribution in [0.4, 0.5) is 10.5 Å². The van der Waals surface area contributed by atoms with Crippen LogP contribution in [0.1, 0.15) is 0 Å². The molecule has 0 spiro atoms.